The number of hydrogen-bond donors (Lipinski definition) is 1. The topological polar surface area (TPSA) is 98.3 Å². The lowest BCUT2D eigenvalue weighted by molar-refractivity contribution is -0.384. The third kappa shape index (κ3) is 2.23. The smallest absolute Gasteiger partial charge is 0.335 e. The van der Waals surface area contributed by atoms with Gasteiger partial charge in [0.15, 0.2) is 0 Å². The van der Waals surface area contributed by atoms with Crippen molar-refractivity contribution in [3.05, 3.63) is 50.3 Å². The standard InChI is InChI=1S/C12H10ClN3O4/c1-6-11(13)7(2)15(14-6)9-4-3-8(12(17)18)5-10(9)16(19)20/h3-5H,1-2H3,(H,17,18). The number of aromatic nitrogens is 2. The highest BCUT2D eigenvalue weighted by molar-refractivity contribution is 6.31. The predicted molar refractivity (Wildman–Crippen MR) is 71.7 cm³/mol. The van der Waals surface area contributed by atoms with E-state index in [0.717, 1.165) is 6.07 Å². The summed E-state index contributed by atoms with van der Waals surface area (Å²) in [7, 11) is 0. The zero-order chi connectivity index (χ0) is 15.0. The highest BCUT2D eigenvalue weighted by atomic mass is 35.5. The molecule has 0 atom stereocenters. The summed E-state index contributed by atoms with van der Waals surface area (Å²) in [6, 6.07) is 3.63. The van der Waals surface area contributed by atoms with E-state index in [9.17, 15) is 14.9 Å². The van der Waals surface area contributed by atoms with Crippen LogP contribution in [0.25, 0.3) is 5.69 Å². The molecule has 0 aliphatic carbocycles. The Bertz CT molecular complexity index is 724. The van der Waals surface area contributed by atoms with Crippen LogP contribution >= 0.6 is 11.6 Å². The van der Waals surface area contributed by atoms with Crippen molar-refractivity contribution in [2.75, 3.05) is 0 Å². The van der Waals surface area contributed by atoms with Gasteiger partial charge in [0.1, 0.15) is 5.69 Å². The van der Waals surface area contributed by atoms with Crippen molar-refractivity contribution in [1.29, 1.82) is 0 Å². The number of aryl methyl sites for hydroxylation is 1. The first-order valence-corrected chi connectivity index (χ1v) is 5.94. The zero-order valence-corrected chi connectivity index (χ0v) is 11.4. The Labute approximate surface area is 118 Å². The van der Waals surface area contributed by atoms with Crippen molar-refractivity contribution in [2.24, 2.45) is 0 Å². The molecule has 0 fully saturated rings. The SMILES string of the molecule is Cc1nn(-c2ccc(C(=O)O)cc2[N+](=O)[O-])c(C)c1Cl. The van der Waals surface area contributed by atoms with Crippen molar-refractivity contribution >= 4 is 23.3 Å². The second-order valence-electron chi connectivity index (χ2n) is 4.16. The van der Waals surface area contributed by atoms with Gasteiger partial charge in [-0.2, -0.15) is 5.10 Å². The van der Waals surface area contributed by atoms with Gasteiger partial charge in [-0.1, -0.05) is 11.6 Å². The van der Waals surface area contributed by atoms with Gasteiger partial charge in [-0.05, 0) is 26.0 Å². The summed E-state index contributed by atoms with van der Waals surface area (Å²) >= 11 is 6.01. The summed E-state index contributed by atoms with van der Waals surface area (Å²) in [4.78, 5) is 21.3. The third-order valence-corrected chi connectivity index (χ3v) is 3.40. The molecule has 104 valence electrons. The summed E-state index contributed by atoms with van der Waals surface area (Å²) in [5, 5.41) is 24.5. The average Bonchev–Trinajstić information content (AvgIpc) is 2.65. The molecule has 0 saturated heterocycles. The largest absolute Gasteiger partial charge is 0.478 e. The maximum Gasteiger partial charge on any atom is 0.335 e. The fourth-order valence-electron chi connectivity index (χ4n) is 1.84. The summed E-state index contributed by atoms with van der Waals surface area (Å²) in [6.07, 6.45) is 0. The second-order valence-corrected chi connectivity index (χ2v) is 4.54. The third-order valence-electron chi connectivity index (χ3n) is 2.85. The Hall–Kier alpha value is -2.41. The van der Waals surface area contributed by atoms with Crippen LogP contribution in [-0.4, -0.2) is 25.8 Å². The number of aromatic carboxylic acids is 1. The van der Waals surface area contributed by atoms with Crippen LogP contribution in [0, 0.1) is 24.0 Å². The second kappa shape index (κ2) is 4.93. The van der Waals surface area contributed by atoms with Gasteiger partial charge in [0.05, 0.1) is 26.9 Å². The number of carboxylic acids is 1. The van der Waals surface area contributed by atoms with Gasteiger partial charge in [0.25, 0.3) is 5.69 Å². The van der Waals surface area contributed by atoms with Crippen LogP contribution in [-0.2, 0) is 0 Å². The Morgan fingerprint density at radius 2 is 2.10 bits per heavy atom. The fourth-order valence-corrected chi connectivity index (χ4v) is 1.96. The van der Waals surface area contributed by atoms with Gasteiger partial charge in [-0.15, -0.1) is 0 Å². The molecule has 0 amide bonds. The molecule has 0 aliphatic heterocycles. The van der Waals surface area contributed by atoms with Crippen LogP contribution in [0.1, 0.15) is 21.7 Å². The minimum absolute atomic E-state index is 0.159. The van der Waals surface area contributed by atoms with Gasteiger partial charge in [0.2, 0.25) is 0 Å². The number of halogens is 1. The monoisotopic (exact) mass is 295 g/mol. The molecular formula is C12H10ClN3O4. The molecular weight excluding hydrogens is 286 g/mol. The van der Waals surface area contributed by atoms with E-state index in [4.69, 9.17) is 16.7 Å². The highest BCUT2D eigenvalue weighted by Gasteiger charge is 2.21. The number of hydrogen-bond acceptors (Lipinski definition) is 4. The van der Waals surface area contributed by atoms with Crippen LogP contribution in [0.2, 0.25) is 5.02 Å². The number of nitro groups is 1. The van der Waals surface area contributed by atoms with E-state index in [1.54, 1.807) is 13.8 Å². The zero-order valence-electron chi connectivity index (χ0n) is 10.6. The molecule has 0 bridgehead atoms. The maximum atomic E-state index is 11.1. The molecule has 8 heteroatoms. The maximum absolute atomic E-state index is 11.1. The van der Waals surface area contributed by atoms with Gasteiger partial charge in [-0.3, -0.25) is 10.1 Å². The minimum atomic E-state index is -1.23. The van der Waals surface area contributed by atoms with E-state index >= 15 is 0 Å². The summed E-state index contributed by atoms with van der Waals surface area (Å²) in [5.41, 5.74) is 0.767. The van der Waals surface area contributed by atoms with Gasteiger partial charge < -0.3 is 5.11 Å². The molecule has 1 aromatic carbocycles. The summed E-state index contributed by atoms with van der Waals surface area (Å²) < 4.78 is 1.33. The van der Waals surface area contributed by atoms with Gasteiger partial charge >= 0.3 is 5.97 Å². The van der Waals surface area contributed by atoms with Crippen LogP contribution in [0.4, 0.5) is 5.69 Å². The predicted octanol–water partition coefficient (Wildman–Crippen LogP) is 2.75. The Morgan fingerprint density at radius 3 is 2.55 bits per heavy atom. The van der Waals surface area contributed by atoms with E-state index in [0.29, 0.717) is 16.4 Å². The van der Waals surface area contributed by atoms with Crippen LogP contribution in [0.3, 0.4) is 0 Å². The lowest BCUT2D eigenvalue weighted by Gasteiger charge is -2.06. The lowest BCUT2D eigenvalue weighted by Crippen LogP contribution is -2.06. The molecule has 2 aromatic rings. The average molecular weight is 296 g/mol. The van der Waals surface area contributed by atoms with E-state index in [1.165, 1.54) is 16.8 Å². The molecule has 1 heterocycles. The summed E-state index contributed by atoms with van der Waals surface area (Å²) in [6.45, 7) is 3.36. The molecule has 1 N–H and O–H groups in total. The van der Waals surface area contributed by atoms with Crippen molar-refractivity contribution in [3.63, 3.8) is 0 Å². The van der Waals surface area contributed by atoms with Crippen molar-refractivity contribution in [1.82, 2.24) is 9.78 Å². The van der Waals surface area contributed by atoms with Crippen LogP contribution < -0.4 is 0 Å². The van der Waals surface area contributed by atoms with E-state index < -0.39 is 10.9 Å². The van der Waals surface area contributed by atoms with Crippen molar-refractivity contribution in [2.45, 2.75) is 13.8 Å². The number of carboxylic acid groups (broad SMARTS) is 1. The van der Waals surface area contributed by atoms with Crippen molar-refractivity contribution in [3.8, 4) is 5.69 Å². The van der Waals surface area contributed by atoms with E-state index in [2.05, 4.69) is 5.10 Å². The Kier molecular flexibility index (Phi) is 3.46. The summed E-state index contributed by atoms with van der Waals surface area (Å²) in [5.74, 6) is -1.23. The molecule has 7 nitrogen and oxygen atoms in total. The first-order chi connectivity index (χ1) is 9.32. The number of rotatable bonds is 3. The lowest BCUT2D eigenvalue weighted by atomic mass is 10.1. The Balaban J connectivity index is 2.70. The fraction of sp³-hybridized carbons (Fsp3) is 0.167. The van der Waals surface area contributed by atoms with Crippen molar-refractivity contribution < 1.29 is 14.8 Å². The number of nitrogens with zero attached hydrogens (tertiary/aromatic N) is 3. The van der Waals surface area contributed by atoms with Gasteiger partial charge in [-0.25, -0.2) is 9.48 Å². The molecule has 0 saturated carbocycles. The minimum Gasteiger partial charge on any atom is -0.478 e. The number of benzene rings is 1. The molecule has 20 heavy (non-hydrogen) atoms. The molecule has 1 aromatic heterocycles. The normalized spacial score (nSPS) is 10.6. The van der Waals surface area contributed by atoms with E-state index in [-0.39, 0.29) is 16.9 Å². The van der Waals surface area contributed by atoms with Gasteiger partial charge in [0, 0.05) is 6.07 Å². The molecule has 0 radical (unpaired) electrons. The first kappa shape index (κ1) is 14.0. The quantitative estimate of drug-likeness (QED) is 0.693. The molecule has 0 unspecified atom stereocenters. The molecule has 2 rings (SSSR count). The van der Waals surface area contributed by atoms with Crippen LogP contribution in [0.5, 0.6) is 0 Å². The van der Waals surface area contributed by atoms with Crippen LogP contribution in [0.15, 0.2) is 18.2 Å². The molecule has 0 aliphatic rings. The number of carbonyl (C=O) groups is 1. The number of nitro benzene ring substituents is 1. The first-order valence-electron chi connectivity index (χ1n) is 5.56. The Morgan fingerprint density at radius 1 is 1.45 bits per heavy atom. The molecule has 0 spiro atoms. The highest BCUT2D eigenvalue weighted by Crippen LogP contribution is 2.28. The van der Waals surface area contributed by atoms with E-state index in [1.807, 2.05) is 0 Å².